The van der Waals surface area contributed by atoms with Gasteiger partial charge < -0.3 is 19.7 Å². The maximum atomic E-state index is 11.4. The van der Waals surface area contributed by atoms with E-state index < -0.39 is 13.4 Å². The van der Waals surface area contributed by atoms with Crippen LogP contribution >= 0.6 is 7.60 Å². The molecule has 1 rings (SSSR count). The van der Waals surface area contributed by atoms with E-state index in [1.165, 1.54) is 0 Å². The molecule has 4 nitrogen and oxygen atoms in total. The molecule has 5 heteroatoms. The second-order valence-corrected chi connectivity index (χ2v) is 4.71. The summed E-state index contributed by atoms with van der Waals surface area (Å²) in [5, 5.41) is 0. The largest absolute Gasteiger partial charge is 0.777 e. The van der Waals surface area contributed by atoms with E-state index in [1.54, 1.807) is 37.3 Å². The number of hydrogen-bond donors (Lipinski definition) is 1. The molecule has 2 atom stereocenters. The zero-order valence-electron chi connectivity index (χ0n) is 7.92. The van der Waals surface area contributed by atoms with Crippen LogP contribution in [0.5, 0.6) is 0 Å². The molecular formula is C9H13NO3P-. The zero-order valence-corrected chi connectivity index (χ0v) is 8.81. The van der Waals surface area contributed by atoms with Crippen molar-refractivity contribution in [2.24, 2.45) is 5.73 Å². The first-order valence-electron chi connectivity index (χ1n) is 4.33. The molecule has 0 bridgehead atoms. The predicted octanol–water partition coefficient (Wildman–Crippen LogP) is 1.23. The number of hydrogen-bond acceptors (Lipinski definition) is 4. The molecule has 0 saturated carbocycles. The molecule has 1 aromatic carbocycles. The lowest BCUT2D eigenvalue weighted by Gasteiger charge is -2.28. The smallest absolute Gasteiger partial charge is 0.156 e. The van der Waals surface area contributed by atoms with Crippen LogP contribution in [-0.4, -0.2) is 6.61 Å². The molecule has 1 aromatic rings. The second kappa shape index (κ2) is 4.71. The molecule has 0 amide bonds. The Morgan fingerprint density at radius 3 is 2.57 bits per heavy atom. The molecule has 0 aliphatic carbocycles. The van der Waals surface area contributed by atoms with Gasteiger partial charge in [-0.05, 0) is 12.5 Å². The van der Waals surface area contributed by atoms with Gasteiger partial charge in [0.1, 0.15) is 0 Å². The molecular weight excluding hydrogens is 201 g/mol. The van der Waals surface area contributed by atoms with E-state index in [2.05, 4.69) is 4.52 Å². The number of rotatable bonds is 4. The van der Waals surface area contributed by atoms with Crippen LogP contribution in [0.25, 0.3) is 0 Å². The van der Waals surface area contributed by atoms with Crippen LogP contribution in [0.1, 0.15) is 18.3 Å². The Hall–Kier alpha value is -0.670. The average molecular weight is 214 g/mol. The number of benzene rings is 1. The summed E-state index contributed by atoms with van der Waals surface area (Å²) in [5.41, 5.74) is 6.10. The molecule has 0 fully saturated rings. The summed E-state index contributed by atoms with van der Waals surface area (Å²) in [7, 11) is -3.98. The van der Waals surface area contributed by atoms with Crippen molar-refractivity contribution in [3.05, 3.63) is 35.9 Å². The highest BCUT2D eigenvalue weighted by Crippen LogP contribution is 2.49. The fourth-order valence-corrected chi connectivity index (χ4v) is 2.15. The van der Waals surface area contributed by atoms with Crippen LogP contribution in [0, 0.1) is 0 Å². The van der Waals surface area contributed by atoms with E-state index in [9.17, 15) is 9.46 Å². The van der Waals surface area contributed by atoms with Crippen LogP contribution in [0.15, 0.2) is 30.3 Å². The molecule has 0 heterocycles. The van der Waals surface area contributed by atoms with Crippen LogP contribution < -0.4 is 10.6 Å². The monoisotopic (exact) mass is 214 g/mol. The molecule has 2 N–H and O–H groups in total. The SMILES string of the molecule is CCOP(=O)([O-])C(N)c1ccccc1. The van der Waals surface area contributed by atoms with Gasteiger partial charge in [-0.3, -0.25) is 0 Å². The van der Waals surface area contributed by atoms with E-state index in [1.807, 2.05) is 0 Å². The first kappa shape index (κ1) is 11.4. The van der Waals surface area contributed by atoms with Crippen LogP contribution in [0.2, 0.25) is 0 Å². The van der Waals surface area contributed by atoms with Crippen molar-refractivity contribution in [2.45, 2.75) is 12.7 Å². The van der Waals surface area contributed by atoms with Crippen molar-refractivity contribution in [3.63, 3.8) is 0 Å². The van der Waals surface area contributed by atoms with Crippen molar-refractivity contribution in [1.29, 1.82) is 0 Å². The van der Waals surface area contributed by atoms with Gasteiger partial charge >= 0.3 is 0 Å². The summed E-state index contributed by atoms with van der Waals surface area (Å²) in [4.78, 5) is 11.4. The van der Waals surface area contributed by atoms with Crippen molar-refractivity contribution < 1.29 is 14.0 Å². The third-order valence-electron chi connectivity index (χ3n) is 1.79. The molecule has 0 aliphatic heterocycles. The van der Waals surface area contributed by atoms with Gasteiger partial charge in [-0.1, -0.05) is 30.3 Å². The summed E-state index contributed by atoms with van der Waals surface area (Å²) in [6.07, 6.45) is 0. The van der Waals surface area contributed by atoms with Crippen molar-refractivity contribution in [2.75, 3.05) is 6.61 Å². The lowest BCUT2D eigenvalue weighted by Crippen LogP contribution is -2.20. The van der Waals surface area contributed by atoms with Crippen LogP contribution in [-0.2, 0) is 9.09 Å². The van der Waals surface area contributed by atoms with Crippen molar-refractivity contribution >= 4 is 7.60 Å². The van der Waals surface area contributed by atoms with E-state index >= 15 is 0 Å². The van der Waals surface area contributed by atoms with E-state index in [-0.39, 0.29) is 6.61 Å². The summed E-state index contributed by atoms with van der Waals surface area (Å²) >= 11 is 0. The molecule has 0 radical (unpaired) electrons. The van der Waals surface area contributed by atoms with Crippen molar-refractivity contribution in [3.8, 4) is 0 Å². The third kappa shape index (κ3) is 2.66. The van der Waals surface area contributed by atoms with Crippen LogP contribution in [0.4, 0.5) is 0 Å². The Bertz CT molecular complexity index is 328. The van der Waals surface area contributed by atoms with Gasteiger partial charge in [-0.25, -0.2) is 0 Å². The zero-order chi connectivity index (χ0) is 10.6. The standard InChI is InChI=1S/C9H14NO3P/c1-2-13-14(11,12)9(10)8-6-4-3-5-7-8/h3-7,9H,2,10H2,1H3,(H,11,12)/p-1. The fourth-order valence-electron chi connectivity index (χ4n) is 1.09. The van der Waals surface area contributed by atoms with Gasteiger partial charge in [-0.15, -0.1) is 0 Å². The van der Waals surface area contributed by atoms with Gasteiger partial charge in [0.15, 0.2) is 7.60 Å². The minimum Gasteiger partial charge on any atom is -0.777 e. The molecule has 14 heavy (non-hydrogen) atoms. The lowest BCUT2D eigenvalue weighted by molar-refractivity contribution is -0.201. The highest BCUT2D eigenvalue weighted by molar-refractivity contribution is 7.51. The Balaban J connectivity index is 2.85. The molecule has 0 saturated heterocycles. The Labute approximate surface area is 83.2 Å². The molecule has 0 aliphatic rings. The van der Waals surface area contributed by atoms with E-state index in [4.69, 9.17) is 5.73 Å². The Kier molecular flexibility index (Phi) is 3.84. The highest BCUT2D eigenvalue weighted by Gasteiger charge is 2.19. The first-order valence-corrected chi connectivity index (χ1v) is 5.95. The number of nitrogens with two attached hydrogens (primary N) is 1. The molecule has 0 spiro atoms. The summed E-state index contributed by atoms with van der Waals surface area (Å²) in [5.74, 6) is -1.08. The Morgan fingerprint density at radius 1 is 1.50 bits per heavy atom. The fraction of sp³-hybridized carbons (Fsp3) is 0.333. The lowest BCUT2D eigenvalue weighted by atomic mass is 10.2. The highest BCUT2D eigenvalue weighted by atomic mass is 31.2. The Morgan fingerprint density at radius 2 is 2.07 bits per heavy atom. The maximum absolute atomic E-state index is 11.4. The van der Waals surface area contributed by atoms with Gasteiger partial charge in [0, 0.05) is 0 Å². The quantitative estimate of drug-likeness (QED) is 0.765. The first-order chi connectivity index (χ1) is 6.58. The molecule has 78 valence electrons. The maximum Gasteiger partial charge on any atom is 0.156 e. The molecule has 2 unspecified atom stereocenters. The predicted molar refractivity (Wildman–Crippen MR) is 52.6 cm³/mol. The molecule has 0 aromatic heterocycles. The van der Waals surface area contributed by atoms with Gasteiger partial charge in [0.25, 0.3) is 0 Å². The summed E-state index contributed by atoms with van der Waals surface area (Å²) in [6, 6.07) is 8.59. The second-order valence-electron chi connectivity index (χ2n) is 2.81. The third-order valence-corrected chi connectivity index (χ3v) is 3.39. The summed E-state index contributed by atoms with van der Waals surface area (Å²) < 4.78 is 16.0. The van der Waals surface area contributed by atoms with E-state index in [0.717, 1.165) is 0 Å². The van der Waals surface area contributed by atoms with E-state index in [0.29, 0.717) is 5.56 Å². The average Bonchev–Trinajstić information content (AvgIpc) is 2.18. The topological polar surface area (TPSA) is 75.4 Å². The summed E-state index contributed by atoms with van der Waals surface area (Å²) in [6.45, 7) is 1.73. The van der Waals surface area contributed by atoms with Crippen LogP contribution in [0.3, 0.4) is 0 Å². The minimum atomic E-state index is -3.98. The van der Waals surface area contributed by atoms with Crippen molar-refractivity contribution in [1.82, 2.24) is 0 Å². The van der Waals surface area contributed by atoms with Gasteiger partial charge in [0.05, 0.1) is 12.4 Å². The minimum absolute atomic E-state index is 0.112. The van der Waals surface area contributed by atoms with Gasteiger partial charge in [-0.2, -0.15) is 0 Å². The van der Waals surface area contributed by atoms with Gasteiger partial charge in [0.2, 0.25) is 0 Å². The normalized spacial score (nSPS) is 17.4.